The van der Waals surface area contributed by atoms with Crippen LogP contribution in [-0.4, -0.2) is 102 Å². The van der Waals surface area contributed by atoms with Crippen LogP contribution in [0, 0.1) is 34.4 Å². The molecule has 7 rings (SSSR count). The number of benzene rings is 4. The third-order valence-electron chi connectivity index (χ3n) is 17.5. The minimum Gasteiger partial charge on any atom is -0.490 e. The lowest BCUT2D eigenvalue weighted by Crippen LogP contribution is -2.42. The summed E-state index contributed by atoms with van der Waals surface area (Å²) < 4.78 is 93.2. The number of carbonyl (C=O) groups is 6. The molecule has 6 atom stereocenters. The van der Waals surface area contributed by atoms with E-state index in [1.807, 2.05) is 72.6 Å². The number of Topliss-reactive ketones (excluding diaryl/α,β-unsaturated/α-hetero) is 2. The average Bonchev–Trinajstić information content (AvgIpc) is 1.02. The lowest BCUT2D eigenvalue weighted by atomic mass is 9.78. The summed E-state index contributed by atoms with van der Waals surface area (Å²) in [4.78, 5) is 67.6. The number of ether oxygens (including phenoxy) is 2. The zero-order valence-electron chi connectivity index (χ0n) is 57.0. The van der Waals surface area contributed by atoms with E-state index in [2.05, 4.69) is 56.5 Å². The van der Waals surface area contributed by atoms with Crippen LogP contribution in [0.3, 0.4) is 0 Å². The second-order valence-electron chi connectivity index (χ2n) is 26.8. The molecule has 0 radical (unpaired) electrons. The maximum Gasteiger partial charge on any atom is 0.393 e. The number of alkyl halides is 3. The van der Waals surface area contributed by atoms with Crippen LogP contribution in [0.1, 0.15) is 190 Å². The Morgan fingerprint density at radius 2 is 1.26 bits per heavy atom. The molecule has 2 N–H and O–H groups in total. The Morgan fingerprint density at radius 1 is 0.744 bits per heavy atom. The van der Waals surface area contributed by atoms with E-state index in [-0.39, 0.29) is 52.8 Å². The third kappa shape index (κ3) is 23.4. The molecule has 3 aliphatic rings. The monoisotopic (exact) mass is 1280 g/mol. The Kier molecular flexibility index (Phi) is 31.0. The molecule has 0 bridgehead atoms. The lowest BCUT2D eigenvalue weighted by molar-refractivity contribution is -0.127. The molecule has 0 spiro atoms. The summed E-state index contributed by atoms with van der Waals surface area (Å²) in [6, 6.07) is 22.4. The summed E-state index contributed by atoms with van der Waals surface area (Å²) in [7, 11) is -0.104. The number of nitrogens with one attached hydrogen (secondary N) is 2. The van der Waals surface area contributed by atoms with Gasteiger partial charge in [-0.15, -0.1) is 0 Å². The van der Waals surface area contributed by atoms with E-state index in [9.17, 15) is 45.2 Å². The van der Waals surface area contributed by atoms with Gasteiger partial charge in [0.25, 0.3) is 0 Å². The van der Waals surface area contributed by atoms with E-state index in [0.717, 1.165) is 76.2 Å². The van der Waals surface area contributed by atoms with Crippen molar-refractivity contribution in [3.05, 3.63) is 107 Å². The first-order valence-electron chi connectivity index (χ1n) is 31.5. The van der Waals surface area contributed by atoms with Crippen LogP contribution in [0.5, 0.6) is 11.5 Å². The molecule has 18 heteroatoms. The van der Waals surface area contributed by atoms with Crippen LogP contribution in [0.15, 0.2) is 78.9 Å². The van der Waals surface area contributed by atoms with Crippen LogP contribution < -0.4 is 19.5 Å². The van der Waals surface area contributed by atoms with Gasteiger partial charge in [-0.05, 0) is 186 Å². The molecule has 2 aliphatic carbocycles. The molecule has 2 saturated carbocycles. The number of likely N-dealkylation sites (tertiary alicyclic amines) is 1. The van der Waals surface area contributed by atoms with Crippen molar-refractivity contribution >= 4 is 47.0 Å². The Bertz CT molecular complexity index is 3100. The number of ketones is 2. The van der Waals surface area contributed by atoms with E-state index in [1.54, 1.807) is 84.1 Å². The number of likely N-dealkylation sites (N-methyl/N-ethyl adjacent to an activating group) is 2. The number of halogens is 4. The standard InChI is InChI=1S/C34H46F3NO3.C25H32FNO4S.C9H17NO.C2H6.2CH2O/c1-8-32(3,4)20-22(2)29(39)18-23-13-15-26(17-23)41-30-16-14-25(33(5,6)31(40)38-7)19-28(30)27-12-10-9-11-24(27)21-34(35,36)37;1-6-19-20(8-7-9-22(19)26)21-15-17(25(3,4)24(28)27-32(5,29)30)11-13-23(21)31-18-12-10-16(2)14-18;1-7(11)8-5-9(2,3)6-10(8)4;3*1-2/h9-12,14,16,19,22-23,26H,8,13,15,17-18,20-21H2,1-7H3,(H,38,40);7-9,11,13,15-16,18H,6,10,12,14H2,1-5H3,(H,27,28);8H,5-6H2,1-4H3;1-2H3;2*1H2/t22?,23-,26-;16-,18-;8-;;;/m110.../s1. The first-order valence-corrected chi connectivity index (χ1v) is 33.4. The zero-order valence-corrected chi connectivity index (χ0v) is 57.8. The Labute approximate surface area is 536 Å². The SMILES string of the molecule is C=O.C=O.CC.CC(=O)[C@@H]1CC(C)(C)CN1C.CCC(C)(C)CC(C)C(=O)C[C@@H]1CC[C@@H](Oc2ccc(C(C)(C)C(=O)NC)cc2-c2ccccc2CC(F)(F)F)C1.CCc1c(F)cccc1-c1cc(C(C)(C)C(=O)NS(C)(=O)=O)ccc1O[C@@H]1CC[C@@H](C)C1. The first-order chi connectivity index (χ1) is 41.9. The van der Waals surface area contributed by atoms with Crippen molar-refractivity contribution in [2.24, 2.45) is 28.6 Å². The molecule has 502 valence electrons. The minimum atomic E-state index is -4.37. The van der Waals surface area contributed by atoms with Crippen molar-refractivity contribution in [2.45, 2.75) is 216 Å². The molecule has 1 heterocycles. The molecule has 1 saturated heterocycles. The van der Waals surface area contributed by atoms with E-state index in [1.165, 1.54) is 12.1 Å². The summed E-state index contributed by atoms with van der Waals surface area (Å²) in [6.45, 7) is 34.7. The van der Waals surface area contributed by atoms with Gasteiger partial charge in [0, 0.05) is 37.1 Å². The quantitative estimate of drug-likeness (QED) is 0.0803. The predicted molar refractivity (Wildman–Crippen MR) is 354 cm³/mol. The first kappa shape index (κ1) is 79.8. The van der Waals surface area contributed by atoms with Gasteiger partial charge in [-0.25, -0.2) is 12.8 Å². The Balaban J connectivity index is 0.000000497. The highest BCUT2D eigenvalue weighted by molar-refractivity contribution is 7.89. The van der Waals surface area contributed by atoms with E-state index in [0.29, 0.717) is 80.6 Å². The highest BCUT2D eigenvalue weighted by Gasteiger charge is 2.39. The van der Waals surface area contributed by atoms with Crippen molar-refractivity contribution in [2.75, 3.05) is 26.9 Å². The smallest absolute Gasteiger partial charge is 0.393 e. The Morgan fingerprint density at radius 3 is 1.71 bits per heavy atom. The number of hydrogen-bond acceptors (Lipinski definition) is 11. The number of carbonyl (C=O) groups excluding carboxylic acids is 6. The molecule has 0 aromatic heterocycles. The molecular formula is C72H105F4N3O10S. The summed E-state index contributed by atoms with van der Waals surface area (Å²) in [5.41, 5.74) is 2.85. The summed E-state index contributed by atoms with van der Waals surface area (Å²) >= 11 is 0. The van der Waals surface area contributed by atoms with Gasteiger partial charge in [0.1, 0.15) is 42.5 Å². The second kappa shape index (κ2) is 35.0. The zero-order chi connectivity index (χ0) is 68.9. The maximum atomic E-state index is 14.6. The summed E-state index contributed by atoms with van der Waals surface area (Å²) in [6.07, 6.45) is 4.84. The van der Waals surface area contributed by atoms with Crippen LogP contribution in [0.25, 0.3) is 22.3 Å². The molecule has 1 aliphatic heterocycles. The number of sulfonamides is 1. The van der Waals surface area contributed by atoms with Gasteiger partial charge in [-0.3, -0.25) is 28.8 Å². The van der Waals surface area contributed by atoms with Crippen LogP contribution in [0.2, 0.25) is 0 Å². The van der Waals surface area contributed by atoms with Gasteiger partial charge in [0.05, 0.1) is 41.8 Å². The normalized spacial score (nSPS) is 19.2. The molecule has 2 amide bonds. The largest absolute Gasteiger partial charge is 0.490 e. The van der Waals surface area contributed by atoms with Crippen molar-refractivity contribution in [1.29, 1.82) is 0 Å². The van der Waals surface area contributed by atoms with Crippen LogP contribution >= 0.6 is 0 Å². The molecular weight excluding hydrogens is 1170 g/mol. The summed E-state index contributed by atoms with van der Waals surface area (Å²) in [5, 5.41) is 2.68. The fourth-order valence-corrected chi connectivity index (χ4v) is 12.7. The highest BCUT2D eigenvalue weighted by Crippen LogP contribution is 2.43. The number of nitrogens with zero attached hydrogens (tertiary/aromatic N) is 1. The fourth-order valence-electron chi connectivity index (χ4n) is 12.2. The molecule has 4 aromatic carbocycles. The topological polar surface area (TPSA) is 182 Å². The third-order valence-corrected chi connectivity index (χ3v) is 18.1. The van der Waals surface area contributed by atoms with E-state index < -0.39 is 39.4 Å². The van der Waals surface area contributed by atoms with Gasteiger partial charge < -0.3 is 24.4 Å². The predicted octanol–water partition coefficient (Wildman–Crippen LogP) is 15.4. The number of rotatable bonds is 20. The molecule has 90 heavy (non-hydrogen) atoms. The number of amides is 2. The molecule has 13 nitrogen and oxygen atoms in total. The second-order valence-corrected chi connectivity index (χ2v) is 28.6. The van der Waals surface area contributed by atoms with E-state index >= 15 is 0 Å². The van der Waals surface area contributed by atoms with Gasteiger partial charge >= 0.3 is 6.18 Å². The molecule has 1 unspecified atom stereocenters. The van der Waals surface area contributed by atoms with Crippen molar-refractivity contribution in [3.63, 3.8) is 0 Å². The number of hydrogen-bond donors (Lipinski definition) is 2. The maximum absolute atomic E-state index is 14.6. The lowest BCUT2D eigenvalue weighted by Gasteiger charge is -2.26. The van der Waals surface area contributed by atoms with Gasteiger partial charge in [-0.2, -0.15) is 13.2 Å². The Hall–Kier alpha value is -6.27. The summed E-state index contributed by atoms with van der Waals surface area (Å²) in [5.74, 6) is 1.47. The highest BCUT2D eigenvalue weighted by atomic mass is 32.2. The van der Waals surface area contributed by atoms with Gasteiger partial charge in [0.15, 0.2) is 0 Å². The van der Waals surface area contributed by atoms with Crippen molar-refractivity contribution in [1.82, 2.24) is 14.9 Å². The fraction of sp³-hybridized carbons (Fsp3) is 0.583. The average molecular weight is 1280 g/mol. The van der Waals surface area contributed by atoms with Crippen LogP contribution in [-0.2, 0) is 62.5 Å². The van der Waals surface area contributed by atoms with Gasteiger partial charge in [0.2, 0.25) is 21.8 Å². The minimum absolute atomic E-state index is 0.0119. The van der Waals surface area contributed by atoms with Crippen molar-refractivity contribution < 1.29 is 64.2 Å². The molecule has 3 fully saturated rings. The molecule has 4 aromatic rings. The van der Waals surface area contributed by atoms with E-state index in [4.69, 9.17) is 19.1 Å². The van der Waals surface area contributed by atoms with Gasteiger partial charge in [-0.1, -0.05) is 124 Å². The van der Waals surface area contributed by atoms with Crippen LogP contribution in [0.4, 0.5) is 17.6 Å². The van der Waals surface area contributed by atoms with Crippen molar-refractivity contribution in [3.8, 4) is 33.8 Å².